The Labute approximate surface area is 83.0 Å². The average Bonchev–Trinajstić information content (AvgIpc) is 2.84. The minimum Gasteiger partial charge on any atom is -0.481 e. The first-order valence-corrected chi connectivity index (χ1v) is 4.75. The monoisotopic (exact) mass is 197 g/mol. The molecule has 1 amide bonds. The van der Waals surface area contributed by atoms with Gasteiger partial charge in [-0.3, -0.25) is 9.59 Å². The SMILES string of the molecule is C=CCC(=O)NC(CC(=O)O)C1CC1. The lowest BCUT2D eigenvalue weighted by atomic mass is 10.1. The lowest BCUT2D eigenvalue weighted by Crippen LogP contribution is -2.37. The minimum absolute atomic E-state index is 0.0214. The number of carbonyl (C=O) groups excluding carboxylic acids is 1. The van der Waals surface area contributed by atoms with Crippen molar-refractivity contribution in [2.24, 2.45) is 5.92 Å². The normalized spacial score (nSPS) is 17.1. The van der Waals surface area contributed by atoms with E-state index in [4.69, 9.17) is 5.11 Å². The van der Waals surface area contributed by atoms with Gasteiger partial charge in [-0.25, -0.2) is 0 Å². The molecule has 1 aliphatic rings. The number of carboxylic acid groups (broad SMARTS) is 1. The Morgan fingerprint density at radius 1 is 1.57 bits per heavy atom. The number of rotatable bonds is 6. The maximum atomic E-state index is 11.2. The Bertz CT molecular complexity index is 246. The smallest absolute Gasteiger partial charge is 0.305 e. The van der Waals surface area contributed by atoms with Crippen LogP contribution in [-0.4, -0.2) is 23.0 Å². The quantitative estimate of drug-likeness (QED) is 0.622. The van der Waals surface area contributed by atoms with Crippen molar-refractivity contribution in [3.05, 3.63) is 12.7 Å². The maximum absolute atomic E-state index is 11.2. The maximum Gasteiger partial charge on any atom is 0.305 e. The fourth-order valence-corrected chi connectivity index (χ4v) is 1.42. The number of nitrogens with one attached hydrogen (secondary N) is 1. The van der Waals surface area contributed by atoms with Crippen molar-refractivity contribution in [1.29, 1.82) is 0 Å². The Kier molecular flexibility index (Phi) is 3.68. The fraction of sp³-hybridized carbons (Fsp3) is 0.600. The second-order valence-corrected chi connectivity index (χ2v) is 3.60. The summed E-state index contributed by atoms with van der Waals surface area (Å²) in [6.07, 6.45) is 3.83. The van der Waals surface area contributed by atoms with Gasteiger partial charge in [0, 0.05) is 12.5 Å². The Morgan fingerprint density at radius 2 is 2.21 bits per heavy atom. The zero-order chi connectivity index (χ0) is 10.6. The van der Waals surface area contributed by atoms with Crippen molar-refractivity contribution < 1.29 is 14.7 Å². The molecule has 14 heavy (non-hydrogen) atoms. The highest BCUT2D eigenvalue weighted by Crippen LogP contribution is 2.34. The minimum atomic E-state index is -0.860. The van der Waals surface area contributed by atoms with Gasteiger partial charge in [0.15, 0.2) is 0 Å². The van der Waals surface area contributed by atoms with Crippen LogP contribution < -0.4 is 5.32 Å². The van der Waals surface area contributed by atoms with Gasteiger partial charge < -0.3 is 10.4 Å². The highest BCUT2D eigenvalue weighted by molar-refractivity contribution is 5.78. The molecule has 0 aliphatic heterocycles. The lowest BCUT2D eigenvalue weighted by molar-refractivity contribution is -0.137. The molecule has 1 fully saturated rings. The van der Waals surface area contributed by atoms with Gasteiger partial charge in [-0.2, -0.15) is 0 Å². The van der Waals surface area contributed by atoms with Gasteiger partial charge in [0.2, 0.25) is 5.91 Å². The first kappa shape index (κ1) is 10.8. The van der Waals surface area contributed by atoms with Crippen molar-refractivity contribution in [1.82, 2.24) is 5.32 Å². The van der Waals surface area contributed by atoms with E-state index in [1.807, 2.05) is 0 Å². The molecule has 1 saturated carbocycles. The number of carboxylic acids is 1. The van der Waals surface area contributed by atoms with Crippen LogP contribution in [-0.2, 0) is 9.59 Å². The largest absolute Gasteiger partial charge is 0.481 e. The Hall–Kier alpha value is -1.32. The van der Waals surface area contributed by atoms with Crippen molar-refractivity contribution in [3.63, 3.8) is 0 Å². The predicted octanol–water partition coefficient (Wildman–Crippen LogP) is 0.932. The van der Waals surface area contributed by atoms with E-state index in [1.165, 1.54) is 6.08 Å². The molecule has 0 bridgehead atoms. The molecule has 0 spiro atoms. The van der Waals surface area contributed by atoms with Crippen molar-refractivity contribution >= 4 is 11.9 Å². The molecule has 1 unspecified atom stereocenters. The Morgan fingerprint density at radius 3 is 2.64 bits per heavy atom. The van der Waals surface area contributed by atoms with Crippen molar-refractivity contribution in [2.75, 3.05) is 0 Å². The topological polar surface area (TPSA) is 66.4 Å². The zero-order valence-corrected chi connectivity index (χ0v) is 8.03. The van der Waals surface area contributed by atoms with Crippen LogP contribution in [0.1, 0.15) is 25.7 Å². The molecule has 0 aromatic rings. The van der Waals surface area contributed by atoms with E-state index in [9.17, 15) is 9.59 Å². The van der Waals surface area contributed by atoms with Crippen LogP contribution in [0, 0.1) is 5.92 Å². The summed E-state index contributed by atoms with van der Waals surface area (Å²) < 4.78 is 0. The molecule has 0 saturated heterocycles. The van der Waals surface area contributed by atoms with Gasteiger partial charge >= 0.3 is 5.97 Å². The molecule has 0 aromatic carbocycles. The molecule has 4 heteroatoms. The van der Waals surface area contributed by atoms with E-state index < -0.39 is 5.97 Å². The molecule has 1 atom stereocenters. The number of hydrogen-bond donors (Lipinski definition) is 2. The standard InChI is InChI=1S/C10H15NO3/c1-2-3-9(12)11-8(6-10(13)14)7-4-5-7/h2,7-8H,1,3-6H2,(H,11,12)(H,13,14). The number of amides is 1. The van der Waals surface area contributed by atoms with Crippen LogP contribution in [0.25, 0.3) is 0 Å². The average molecular weight is 197 g/mol. The third-order valence-corrected chi connectivity index (χ3v) is 2.26. The van der Waals surface area contributed by atoms with Gasteiger partial charge in [0.25, 0.3) is 0 Å². The second kappa shape index (κ2) is 4.79. The molecule has 4 nitrogen and oxygen atoms in total. The Balaban J connectivity index is 2.38. The number of hydrogen-bond acceptors (Lipinski definition) is 2. The van der Waals surface area contributed by atoms with Crippen molar-refractivity contribution in [3.8, 4) is 0 Å². The van der Waals surface area contributed by atoms with Crippen LogP contribution in [0.4, 0.5) is 0 Å². The fourth-order valence-electron chi connectivity index (χ4n) is 1.42. The summed E-state index contributed by atoms with van der Waals surface area (Å²) >= 11 is 0. The van der Waals surface area contributed by atoms with Crippen LogP contribution in [0.15, 0.2) is 12.7 Å². The molecule has 0 heterocycles. The van der Waals surface area contributed by atoms with Crippen LogP contribution in [0.5, 0.6) is 0 Å². The van der Waals surface area contributed by atoms with E-state index in [0.717, 1.165) is 12.8 Å². The molecule has 1 aliphatic carbocycles. The summed E-state index contributed by atoms with van der Waals surface area (Å²) in [5, 5.41) is 11.4. The van der Waals surface area contributed by atoms with Gasteiger partial charge in [-0.15, -0.1) is 6.58 Å². The van der Waals surface area contributed by atoms with E-state index >= 15 is 0 Å². The molecular formula is C10H15NO3. The van der Waals surface area contributed by atoms with Crippen LogP contribution >= 0.6 is 0 Å². The third kappa shape index (κ3) is 3.60. The lowest BCUT2D eigenvalue weighted by Gasteiger charge is -2.15. The molecule has 0 radical (unpaired) electrons. The molecule has 1 rings (SSSR count). The molecule has 78 valence electrons. The predicted molar refractivity (Wildman–Crippen MR) is 51.7 cm³/mol. The summed E-state index contributed by atoms with van der Waals surface area (Å²) in [6.45, 7) is 3.45. The zero-order valence-electron chi connectivity index (χ0n) is 8.03. The van der Waals surface area contributed by atoms with E-state index in [1.54, 1.807) is 0 Å². The van der Waals surface area contributed by atoms with E-state index in [-0.39, 0.29) is 24.8 Å². The van der Waals surface area contributed by atoms with Gasteiger partial charge in [0.1, 0.15) is 0 Å². The highest BCUT2D eigenvalue weighted by Gasteiger charge is 2.33. The van der Waals surface area contributed by atoms with Gasteiger partial charge in [-0.1, -0.05) is 6.08 Å². The van der Waals surface area contributed by atoms with Crippen molar-refractivity contribution in [2.45, 2.75) is 31.7 Å². The van der Waals surface area contributed by atoms with E-state index in [0.29, 0.717) is 5.92 Å². The summed E-state index contributed by atoms with van der Waals surface area (Å²) in [5.41, 5.74) is 0. The highest BCUT2D eigenvalue weighted by atomic mass is 16.4. The first-order valence-electron chi connectivity index (χ1n) is 4.75. The van der Waals surface area contributed by atoms with E-state index in [2.05, 4.69) is 11.9 Å². The van der Waals surface area contributed by atoms with Crippen LogP contribution in [0.3, 0.4) is 0 Å². The number of aliphatic carboxylic acids is 1. The van der Waals surface area contributed by atoms with Crippen LogP contribution in [0.2, 0.25) is 0 Å². The third-order valence-electron chi connectivity index (χ3n) is 2.26. The summed E-state index contributed by atoms with van der Waals surface area (Å²) in [4.78, 5) is 21.7. The molecule has 0 aromatic heterocycles. The summed E-state index contributed by atoms with van der Waals surface area (Å²) in [7, 11) is 0. The molecular weight excluding hydrogens is 182 g/mol. The van der Waals surface area contributed by atoms with Gasteiger partial charge in [-0.05, 0) is 18.8 Å². The summed E-state index contributed by atoms with van der Waals surface area (Å²) in [6, 6.07) is -0.194. The number of carbonyl (C=O) groups is 2. The molecule has 2 N–H and O–H groups in total. The van der Waals surface area contributed by atoms with Gasteiger partial charge in [0.05, 0.1) is 6.42 Å². The second-order valence-electron chi connectivity index (χ2n) is 3.60. The summed E-state index contributed by atoms with van der Waals surface area (Å²) in [5.74, 6) is -0.640. The first-order chi connectivity index (χ1) is 6.63.